The second-order valence-corrected chi connectivity index (χ2v) is 4.39. The van der Waals surface area contributed by atoms with E-state index in [1.807, 2.05) is 24.3 Å². The van der Waals surface area contributed by atoms with Crippen molar-refractivity contribution in [3.05, 3.63) is 30.1 Å². The Morgan fingerprint density at radius 2 is 1.89 bits per heavy atom. The molecular weight excluding hydrogens is 266 g/mol. The van der Waals surface area contributed by atoms with Crippen LogP contribution in [0.3, 0.4) is 0 Å². The molecule has 102 valence electrons. The van der Waals surface area contributed by atoms with E-state index >= 15 is 0 Å². The Morgan fingerprint density at radius 3 is 2.53 bits per heavy atom. The molecule has 0 aliphatic heterocycles. The molecule has 0 aliphatic rings. The number of nitrogens with one attached hydrogen (secondary N) is 1. The Labute approximate surface area is 116 Å². The Hall–Kier alpha value is -1.43. The molecule has 2 aromatic rings. The van der Waals surface area contributed by atoms with Crippen molar-refractivity contribution in [3.8, 4) is 0 Å². The number of rotatable bonds is 5. The predicted molar refractivity (Wildman–Crippen MR) is 75.1 cm³/mol. The van der Waals surface area contributed by atoms with Crippen molar-refractivity contribution in [2.75, 3.05) is 19.5 Å². The SMILES string of the molecule is COC(C)(Nc1nc(CCl)nc2ccccc12)OC. The van der Waals surface area contributed by atoms with Gasteiger partial charge >= 0.3 is 0 Å². The number of hydrogen-bond acceptors (Lipinski definition) is 5. The summed E-state index contributed by atoms with van der Waals surface area (Å²) in [6.07, 6.45) is 0. The second-order valence-electron chi connectivity index (χ2n) is 4.12. The van der Waals surface area contributed by atoms with Crippen molar-refractivity contribution in [2.45, 2.75) is 18.7 Å². The monoisotopic (exact) mass is 281 g/mol. The molecule has 0 amide bonds. The zero-order chi connectivity index (χ0) is 13.9. The second kappa shape index (κ2) is 5.69. The van der Waals surface area contributed by atoms with Crippen molar-refractivity contribution >= 4 is 28.3 Å². The molecular formula is C13H16ClN3O2. The first-order chi connectivity index (χ1) is 9.11. The maximum atomic E-state index is 5.82. The number of para-hydroxylation sites is 1. The van der Waals surface area contributed by atoms with Gasteiger partial charge in [0.25, 0.3) is 0 Å². The van der Waals surface area contributed by atoms with Crippen LogP contribution in [0.25, 0.3) is 10.9 Å². The van der Waals surface area contributed by atoms with Gasteiger partial charge in [0, 0.05) is 26.5 Å². The van der Waals surface area contributed by atoms with Crippen LogP contribution in [-0.2, 0) is 15.4 Å². The summed E-state index contributed by atoms with van der Waals surface area (Å²) in [5, 5.41) is 4.00. The summed E-state index contributed by atoms with van der Waals surface area (Å²) in [4.78, 5) is 8.76. The summed E-state index contributed by atoms with van der Waals surface area (Å²) in [6.45, 7) is 1.77. The van der Waals surface area contributed by atoms with Gasteiger partial charge in [-0.2, -0.15) is 0 Å². The highest BCUT2D eigenvalue weighted by atomic mass is 35.5. The van der Waals surface area contributed by atoms with Crippen molar-refractivity contribution < 1.29 is 9.47 Å². The lowest BCUT2D eigenvalue weighted by Gasteiger charge is -2.28. The summed E-state index contributed by atoms with van der Waals surface area (Å²) in [5.41, 5.74) is 0.824. The topological polar surface area (TPSA) is 56.3 Å². The summed E-state index contributed by atoms with van der Waals surface area (Å²) < 4.78 is 10.6. The van der Waals surface area contributed by atoms with E-state index in [0.717, 1.165) is 10.9 Å². The number of nitrogens with zero attached hydrogens (tertiary/aromatic N) is 2. The average molecular weight is 282 g/mol. The van der Waals surface area contributed by atoms with Crippen LogP contribution in [0.1, 0.15) is 12.7 Å². The number of fused-ring (bicyclic) bond motifs is 1. The fourth-order valence-corrected chi connectivity index (χ4v) is 1.80. The summed E-state index contributed by atoms with van der Waals surface area (Å²) >= 11 is 5.82. The van der Waals surface area contributed by atoms with Crippen LogP contribution >= 0.6 is 11.6 Å². The van der Waals surface area contributed by atoms with Crippen LogP contribution in [0.4, 0.5) is 5.82 Å². The quantitative estimate of drug-likeness (QED) is 0.675. The Kier molecular flexibility index (Phi) is 4.19. The minimum absolute atomic E-state index is 0.246. The molecule has 0 atom stereocenters. The number of hydrogen-bond donors (Lipinski definition) is 1. The van der Waals surface area contributed by atoms with Crippen molar-refractivity contribution in [1.29, 1.82) is 0 Å². The van der Waals surface area contributed by atoms with Crippen LogP contribution in [0.2, 0.25) is 0 Å². The van der Waals surface area contributed by atoms with Crippen molar-refractivity contribution in [1.82, 2.24) is 9.97 Å². The smallest absolute Gasteiger partial charge is 0.246 e. The van der Waals surface area contributed by atoms with Crippen molar-refractivity contribution in [2.24, 2.45) is 0 Å². The predicted octanol–water partition coefficient (Wildman–Crippen LogP) is 2.75. The third-order valence-electron chi connectivity index (χ3n) is 2.89. The van der Waals surface area contributed by atoms with Gasteiger partial charge in [0.1, 0.15) is 11.6 Å². The van der Waals surface area contributed by atoms with E-state index in [2.05, 4.69) is 15.3 Å². The van der Waals surface area contributed by atoms with E-state index in [4.69, 9.17) is 21.1 Å². The molecule has 0 saturated carbocycles. The molecule has 2 rings (SSSR count). The van der Waals surface area contributed by atoms with E-state index in [-0.39, 0.29) is 5.88 Å². The van der Waals surface area contributed by atoms with Gasteiger partial charge < -0.3 is 14.8 Å². The van der Waals surface area contributed by atoms with Crippen LogP contribution in [-0.4, -0.2) is 30.1 Å². The molecule has 5 nitrogen and oxygen atoms in total. The fourth-order valence-electron chi connectivity index (χ4n) is 1.68. The van der Waals surface area contributed by atoms with E-state index in [1.54, 1.807) is 21.1 Å². The van der Waals surface area contributed by atoms with Crippen LogP contribution < -0.4 is 5.32 Å². The van der Waals surface area contributed by atoms with Gasteiger partial charge in [-0.15, -0.1) is 11.6 Å². The Bertz CT molecular complexity index is 573. The van der Waals surface area contributed by atoms with Crippen LogP contribution in [0.15, 0.2) is 24.3 Å². The van der Waals surface area contributed by atoms with E-state index in [1.165, 1.54) is 0 Å². The summed E-state index contributed by atoms with van der Waals surface area (Å²) in [7, 11) is 3.12. The molecule has 1 heterocycles. The Morgan fingerprint density at radius 1 is 1.21 bits per heavy atom. The highest BCUT2D eigenvalue weighted by Crippen LogP contribution is 2.24. The number of halogens is 1. The maximum absolute atomic E-state index is 5.82. The zero-order valence-electron chi connectivity index (χ0n) is 11.1. The lowest BCUT2D eigenvalue weighted by atomic mass is 10.2. The number of aromatic nitrogens is 2. The molecule has 1 aromatic carbocycles. The van der Waals surface area contributed by atoms with Gasteiger partial charge in [-0.25, -0.2) is 9.97 Å². The van der Waals surface area contributed by atoms with Gasteiger partial charge in [-0.05, 0) is 12.1 Å². The first kappa shape index (κ1) is 14.0. The molecule has 6 heteroatoms. The first-order valence-corrected chi connectivity index (χ1v) is 6.35. The molecule has 1 N–H and O–H groups in total. The minimum atomic E-state index is -0.958. The standard InChI is InChI=1S/C13H16ClN3O2/c1-13(18-2,19-3)17-12-9-6-4-5-7-10(9)15-11(8-14)16-12/h4-7H,8H2,1-3H3,(H,15,16,17). The molecule has 0 radical (unpaired) electrons. The van der Waals surface area contributed by atoms with Gasteiger partial charge in [0.05, 0.1) is 11.4 Å². The molecule has 19 heavy (non-hydrogen) atoms. The minimum Gasteiger partial charge on any atom is -0.336 e. The molecule has 0 fully saturated rings. The number of benzene rings is 1. The highest BCUT2D eigenvalue weighted by Gasteiger charge is 2.24. The van der Waals surface area contributed by atoms with Gasteiger partial charge in [0.2, 0.25) is 5.91 Å². The summed E-state index contributed by atoms with van der Waals surface area (Å²) in [5.74, 6) is 0.474. The molecule has 0 saturated heterocycles. The van der Waals surface area contributed by atoms with E-state index in [0.29, 0.717) is 11.6 Å². The van der Waals surface area contributed by atoms with Gasteiger partial charge in [-0.3, -0.25) is 0 Å². The lowest BCUT2D eigenvalue weighted by Crippen LogP contribution is -2.39. The fraction of sp³-hybridized carbons (Fsp3) is 0.385. The Balaban J connectivity index is 2.51. The lowest BCUT2D eigenvalue weighted by molar-refractivity contribution is -0.171. The molecule has 0 spiro atoms. The maximum Gasteiger partial charge on any atom is 0.246 e. The number of anilines is 1. The third-order valence-corrected chi connectivity index (χ3v) is 3.13. The largest absolute Gasteiger partial charge is 0.336 e. The first-order valence-electron chi connectivity index (χ1n) is 5.82. The van der Waals surface area contributed by atoms with E-state index < -0.39 is 5.91 Å². The number of methoxy groups -OCH3 is 2. The molecule has 1 aromatic heterocycles. The third kappa shape index (κ3) is 2.94. The normalized spacial score (nSPS) is 11.8. The average Bonchev–Trinajstić information content (AvgIpc) is 2.46. The number of alkyl halides is 1. The molecule has 0 bridgehead atoms. The zero-order valence-corrected chi connectivity index (χ0v) is 11.9. The molecule has 0 unspecified atom stereocenters. The van der Waals surface area contributed by atoms with Gasteiger partial charge in [-0.1, -0.05) is 12.1 Å². The van der Waals surface area contributed by atoms with Crippen molar-refractivity contribution in [3.63, 3.8) is 0 Å². The van der Waals surface area contributed by atoms with Crippen LogP contribution in [0, 0.1) is 0 Å². The number of ether oxygens (including phenoxy) is 2. The van der Waals surface area contributed by atoms with Gasteiger partial charge in [0.15, 0.2) is 0 Å². The summed E-state index contributed by atoms with van der Waals surface area (Å²) in [6, 6.07) is 7.69. The highest BCUT2D eigenvalue weighted by molar-refractivity contribution is 6.16. The van der Waals surface area contributed by atoms with E-state index in [9.17, 15) is 0 Å². The van der Waals surface area contributed by atoms with Crippen LogP contribution in [0.5, 0.6) is 0 Å². The molecule has 0 aliphatic carbocycles.